The standard InChI is InChI=1S/C16H28ClN3O2/c1-19-9-15-13(7-14(19)16(21)22-2)18-10-20(15)8-11-3-5-12(17)6-4-11/h11-15,18H,3-10H2,1-2H3. The number of likely N-dealkylation sites (N-methyl/N-ethyl adjacent to an activating group) is 1. The summed E-state index contributed by atoms with van der Waals surface area (Å²) in [4.78, 5) is 16.6. The Balaban J connectivity index is 1.56. The maximum Gasteiger partial charge on any atom is 0.323 e. The quantitative estimate of drug-likeness (QED) is 0.624. The van der Waals surface area contributed by atoms with Crippen molar-refractivity contribution < 1.29 is 9.53 Å². The molecule has 0 spiro atoms. The molecular formula is C16H28ClN3O2. The monoisotopic (exact) mass is 329 g/mol. The number of hydrogen-bond acceptors (Lipinski definition) is 5. The summed E-state index contributed by atoms with van der Waals surface area (Å²) < 4.78 is 4.93. The third-order valence-corrected chi connectivity index (χ3v) is 6.15. The molecule has 3 aliphatic rings. The highest BCUT2D eigenvalue weighted by atomic mass is 35.5. The van der Waals surface area contributed by atoms with Crippen LogP contribution >= 0.6 is 11.6 Å². The van der Waals surface area contributed by atoms with Crippen LogP contribution in [-0.2, 0) is 9.53 Å². The van der Waals surface area contributed by atoms with E-state index in [1.54, 1.807) is 0 Å². The van der Waals surface area contributed by atoms with Gasteiger partial charge in [-0.2, -0.15) is 0 Å². The zero-order valence-electron chi connectivity index (χ0n) is 13.6. The van der Waals surface area contributed by atoms with E-state index in [0.29, 0.717) is 17.5 Å². The van der Waals surface area contributed by atoms with Crippen LogP contribution in [0.3, 0.4) is 0 Å². The van der Waals surface area contributed by atoms with Crippen LogP contribution in [0.1, 0.15) is 32.1 Å². The van der Waals surface area contributed by atoms with E-state index in [9.17, 15) is 4.79 Å². The van der Waals surface area contributed by atoms with Gasteiger partial charge < -0.3 is 4.74 Å². The number of rotatable bonds is 3. The van der Waals surface area contributed by atoms with Crippen molar-refractivity contribution in [3.63, 3.8) is 0 Å². The predicted octanol–water partition coefficient (Wildman–Crippen LogP) is 1.26. The number of nitrogens with one attached hydrogen (secondary N) is 1. The SMILES string of the molecule is COC(=O)C1CC2NCN(CC3CCC(Cl)CC3)C2CN1C. The van der Waals surface area contributed by atoms with Gasteiger partial charge >= 0.3 is 5.97 Å². The number of carbonyl (C=O) groups excluding carboxylic acids is 1. The van der Waals surface area contributed by atoms with Crippen molar-refractivity contribution in [2.45, 2.75) is 55.6 Å². The van der Waals surface area contributed by atoms with E-state index in [4.69, 9.17) is 16.3 Å². The lowest BCUT2D eigenvalue weighted by Crippen LogP contribution is -2.57. The molecule has 0 amide bonds. The molecule has 3 unspecified atom stereocenters. The average Bonchev–Trinajstić information content (AvgIpc) is 2.90. The summed E-state index contributed by atoms with van der Waals surface area (Å²) in [6, 6.07) is 0.815. The Morgan fingerprint density at radius 1 is 1.32 bits per heavy atom. The van der Waals surface area contributed by atoms with Crippen molar-refractivity contribution in [1.82, 2.24) is 15.1 Å². The van der Waals surface area contributed by atoms with Crippen LogP contribution in [0.5, 0.6) is 0 Å². The fourth-order valence-electron chi connectivity index (χ4n) is 4.32. The summed E-state index contributed by atoms with van der Waals surface area (Å²) in [5.74, 6) is 0.667. The second kappa shape index (κ2) is 7.04. The molecule has 2 aliphatic heterocycles. The lowest BCUT2D eigenvalue weighted by Gasteiger charge is -2.41. The Kier molecular flexibility index (Phi) is 5.28. The molecule has 6 heteroatoms. The van der Waals surface area contributed by atoms with Crippen molar-refractivity contribution in [3.8, 4) is 0 Å². The van der Waals surface area contributed by atoms with Gasteiger partial charge in [0.15, 0.2) is 0 Å². The van der Waals surface area contributed by atoms with Gasteiger partial charge in [-0.15, -0.1) is 11.6 Å². The molecule has 3 fully saturated rings. The first kappa shape index (κ1) is 16.5. The molecular weight excluding hydrogens is 302 g/mol. The van der Waals surface area contributed by atoms with Crippen LogP contribution in [-0.4, -0.2) is 73.2 Å². The average molecular weight is 330 g/mol. The molecule has 1 saturated carbocycles. The molecule has 0 aromatic carbocycles. The van der Waals surface area contributed by atoms with E-state index in [2.05, 4.69) is 15.1 Å². The minimum Gasteiger partial charge on any atom is -0.468 e. The van der Waals surface area contributed by atoms with Crippen LogP contribution < -0.4 is 5.32 Å². The number of ether oxygens (including phenoxy) is 1. The Morgan fingerprint density at radius 2 is 2.05 bits per heavy atom. The number of piperidine rings is 1. The molecule has 0 bridgehead atoms. The third-order valence-electron chi connectivity index (χ3n) is 5.72. The summed E-state index contributed by atoms with van der Waals surface area (Å²) in [7, 11) is 3.51. The fraction of sp³-hybridized carbons (Fsp3) is 0.938. The van der Waals surface area contributed by atoms with E-state index in [-0.39, 0.29) is 12.0 Å². The Morgan fingerprint density at radius 3 is 2.73 bits per heavy atom. The third kappa shape index (κ3) is 3.42. The first-order chi connectivity index (χ1) is 10.6. The van der Waals surface area contributed by atoms with Gasteiger partial charge in [-0.3, -0.25) is 19.9 Å². The van der Waals surface area contributed by atoms with Gasteiger partial charge in [0.2, 0.25) is 0 Å². The molecule has 0 aromatic rings. The molecule has 2 heterocycles. The molecule has 1 N–H and O–H groups in total. The lowest BCUT2D eigenvalue weighted by atomic mass is 9.87. The van der Waals surface area contributed by atoms with Crippen LogP contribution in [0.15, 0.2) is 0 Å². The molecule has 0 radical (unpaired) electrons. The van der Waals surface area contributed by atoms with E-state index in [1.807, 2.05) is 7.05 Å². The van der Waals surface area contributed by atoms with Gasteiger partial charge in [0.05, 0.1) is 7.11 Å². The molecule has 126 valence electrons. The Bertz CT molecular complexity index is 401. The summed E-state index contributed by atoms with van der Waals surface area (Å²) in [5.41, 5.74) is 0. The summed E-state index contributed by atoms with van der Waals surface area (Å²) >= 11 is 6.21. The van der Waals surface area contributed by atoms with Crippen LogP contribution in [0.2, 0.25) is 0 Å². The summed E-state index contributed by atoms with van der Waals surface area (Å²) in [6.45, 7) is 3.04. The normalized spacial score (nSPS) is 40.4. The molecule has 3 rings (SSSR count). The van der Waals surface area contributed by atoms with Gasteiger partial charge in [-0.1, -0.05) is 0 Å². The predicted molar refractivity (Wildman–Crippen MR) is 86.9 cm³/mol. The topological polar surface area (TPSA) is 44.8 Å². The van der Waals surface area contributed by atoms with Crippen molar-refractivity contribution in [1.29, 1.82) is 0 Å². The fourth-order valence-corrected chi connectivity index (χ4v) is 4.57. The zero-order chi connectivity index (χ0) is 15.7. The van der Waals surface area contributed by atoms with Gasteiger partial charge in [-0.25, -0.2) is 0 Å². The molecule has 2 saturated heterocycles. The summed E-state index contributed by atoms with van der Waals surface area (Å²) in [6.07, 6.45) is 5.67. The number of halogens is 1. The molecule has 1 aliphatic carbocycles. The number of alkyl halides is 1. The van der Waals surface area contributed by atoms with Crippen molar-refractivity contribution in [3.05, 3.63) is 0 Å². The smallest absolute Gasteiger partial charge is 0.323 e. The van der Waals surface area contributed by atoms with Crippen molar-refractivity contribution in [2.75, 3.05) is 33.9 Å². The van der Waals surface area contributed by atoms with Crippen LogP contribution in [0.25, 0.3) is 0 Å². The Hall–Kier alpha value is -0.360. The van der Waals surface area contributed by atoms with Gasteiger partial charge in [0.1, 0.15) is 6.04 Å². The number of likely N-dealkylation sites (tertiary alicyclic amines) is 1. The lowest BCUT2D eigenvalue weighted by molar-refractivity contribution is -0.148. The Labute approximate surface area is 138 Å². The van der Waals surface area contributed by atoms with E-state index in [0.717, 1.165) is 44.9 Å². The number of fused-ring (bicyclic) bond motifs is 1. The van der Waals surface area contributed by atoms with Crippen molar-refractivity contribution >= 4 is 17.6 Å². The highest BCUT2D eigenvalue weighted by molar-refractivity contribution is 6.20. The maximum absolute atomic E-state index is 11.9. The van der Waals surface area contributed by atoms with Crippen LogP contribution in [0, 0.1) is 5.92 Å². The van der Waals surface area contributed by atoms with E-state index >= 15 is 0 Å². The van der Waals surface area contributed by atoms with Gasteiger partial charge in [0, 0.05) is 37.2 Å². The number of methoxy groups -OCH3 is 1. The first-order valence-electron chi connectivity index (χ1n) is 8.48. The second-order valence-electron chi connectivity index (χ2n) is 7.14. The number of carbonyl (C=O) groups is 1. The number of hydrogen-bond donors (Lipinski definition) is 1. The van der Waals surface area contributed by atoms with E-state index < -0.39 is 0 Å². The largest absolute Gasteiger partial charge is 0.468 e. The van der Waals surface area contributed by atoms with Gasteiger partial charge in [-0.05, 0) is 45.1 Å². The zero-order valence-corrected chi connectivity index (χ0v) is 14.4. The van der Waals surface area contributed by atoms with Gasteiger partial charge in [0.25, 0.3) is 0 Å². The number of nitrogens with zero attached hydrogens (tertiary/aromatic N) is 2. The first-order valence-corrected chi connectivity index (χ1v) is 8.91. The molecule has 3 atom stereocenters. The summed E-state index contributed by atoms with van der Waals surface area (Å²) in [5, 5.41) is 3.99. The van der Waals surface area contributed by atoms with Crippen molar-refractivity contribution in [2.24, 2.45) is 5.92 Å². The second-order valence-corrected chi connectivity index (χ2v) is 7.76. The molecule has 0 aromatic heterocycles. The highest BCUT2D eigenvalue weighted by Gasteiger charge is 2.44. The minimum absolute atomic E-state index is 0.106. The molecule has 22 heavy (non-hydrogen) atoms. The van der Waals surface area contributed by atoms with E-state index in [1.165, 1.54) is 20.0 Å². The molecule has 5 nitrogen and oxygen atoms in total. The maximum atomic E-state index is 11.9. The van der Waals surface area contributed by atoms with Crippen LogP contribution in [0.4, 0.5) is 0 Å². The number of esters is 1. The minimum atomic E-state index is -0.110. The highest BCUT2D eigenvalue weighted by Crippen LogP contribution is 2.31.